The van der Waals surface area contributed by atoms with Crippen LogP contribution in [-0.4, -0.2) is 31.1 Å². The Bertz CT molecular complexity index is 694. The third kappa shape index (κ3) is 4.57. The SMILES string of the molecule is CN(C)c1ccc(CCC(=O)Nc2ccccc2C(=O)O)cc1. The Morgan fingerprint density at radius 1 is 1.04 bits per heavy atom. The van der Waals surface area contributed by atoms with E-state index in [-0.39, 0.29) is 11.5 Å². The lowest BCUT2D eigenvalue weighted by molar-refractivity contribution is -0.116. The van der Waals surface area contributed by atoms with Crippen LogP contribution in [0, 0.1) is 0 Å². The van der Waals surface area contributed by atoms with Crippen LogP contribution in [0.3, 0.4) is 0 Å². The van der Waals surface area contributed by atoms with Crippen LogP contribution in [0.4, 0.5) is 11.4 Å². The number of rotatable bonds is 6. The molecule has 0 radical (unpaired) electrons. The fourth-order valence-electron chi connectivity index (χ4n) is 2.21. The molecule has 0 aliphatic rings. The Balaban J connectivity index is 1.94. The van der Waals surface area contributed by atoms with Crippen molar-refractivity contribution >= 4 is 23.3 Å². The summed E-state index contributed by atoms with van der Waals surface area (Å²) in [6, 6.07) is 14.4. The summed E-state index contributed by atoms with van der Waals surface area (Å²) in [7, 11) is 3.95. The second kappa shape index (κ2) is 7.45. The molecule has 2 aromatic rings. The molecule has 0 saturated heterocycles. The van der Waals surface area contributed by atoms with Crippen molar-refractivity contribution in [1.82, 2.24) is 0 Å². The maximum atomic E-state index is 12.0. The number of carbonyl (C=O) groups excluding carboxylic acids is 1. The summed E-state index contributed by atoms with van der Waals surface area (Å²) in [5.41, 5.74) is 2.59. The molecule has 0 saturated carbocycles. The smallest absolute Gasteiger partial charge is 0.337 e. The number of anilines is 2. The Hall–Kier alpha value is -2.82. The van der Waals surface area contributed by atoms with Gasteiger partial charge < -0.3 is 15.3 Å². The zero-order chi connectivity index (χ0) is 16.8. The van der Waals surface area contributed by atoms with E-state index in [4.69, 9.17) is 5.11 Å². The van der Waals surface area contributed by atoms with Gasteiger partial charge in [0.2, 0.25) is 5.91 Å². The molecule has 23 heavy (non-hydrogen) atoms. The van der Waals surface area contributed by atoms with E-state index in [1.54, 1.807) is 18.2 Å². The molecule has 0 aliphatic heterocycles. The maximum absolute atomic E-state index is 12.0. The van der Waals surface area contributed by atoms with Gasteiger partial charge in [0.05, 0.1) is 11.3 Å². The number of hydrogen-bond acceptors (Lipinski definition) is 3. The van der Waals surface area contributed by atoms with Crippen LogP contribution in [0.5, 0.6) is 0 Å². The minimum Gasteiger partial charge on any atom is -0.478 e. The molecule has 2 rings (SSSR count). The average molecular weight is 312 g/mol. The number of aryl methyl sites for hydroxylation is 1. The third-order valence-electron chi connectivity index (χ3n) is 3.53. The minimum atomic E-state index is -1.06. The molecule has 2 N–H and O–H groups in total. The topological polar surface area (TPSA) is 69.6 Å². The predicted octanol–water partition coefficient (Wildman–Crippen LogP) is 3.02. The Morgan fingerprint density at radius 3 is 2.30 bits per heavy atom. The van der Waals surface area contributed by atoms with E-state index in [9.17, 15) is 9.59 Å². The zero-order valence-electron chi connectivity index (χ0n) is 13.2. The van der Waals surface area contributed by atoms with E-state index in [0.29, 0.717) is 18.5 Å². The lowest BCUT2D eigenvalue weighted by Crippen LogP contribution is -2.15. The second-order valence-electron chi connectivity index (χ2n) is 5.46. The number of amides is 1. The number of carbonyl (C=O) groups is 2. The molecule has 5 heteroatoms. The van der Waals surface area contributed by atoms with Crippen molar-refractivity contribution in [3.05, 3.63) is 59.7 Å². The summed E-state index contributed by atoms with van der Waals surface area (Å²) in [5.74, 6) is -1.25. The van der Waals surface area contributed by atoms with Gasteiger partial charge in [0.1, 0.15) is 0 Å². The van der Waals surface area contributed by atoms with Crippen molar-refractivity contribution in [2.75, 3.05) is 24.3 Å². The maximum Gasteiger partial charge on any atom is 0.337 e. The Morgan fingerprint density at radius 2 is 1.70 bits per heavy atom. The van der Waals surface area contributed by atoms with Crippen molar-refractivity contribution < 1.29 is 14.7 Å². The van der Waals surface area contributed by atoms with Gasteiger partial charge in [0, 0.05) is 26.2 Å². The molecule has 1 amide bonds. The third-order valence-corrected chi connectivity index (χ3v) is 3.53. The lowest BCUT2D eigenvalue weighted by Gasteiger charge is -2.12. The first-order valence-electron chi connectivity index (χ1n) is 7.36. The number of carboxylic acids is 1. The van der Waals surface area contributed by atoms with Gasteiger partial charge in [0.15, 0.2) is 0 Å². The van der Waals surface area contributed by atoms with Gasteiger partial charge in [0.25, 0.3) is 0 Å². The number of nitrogens with zero attached hydrogens (tertiary/aromatic N) is 1. The fourth-order valence-corrected chi connectivity index (χ4v) is 2.21. The van der Waals surface area contributed by atoms with Crippen molar-refractivity contribution in [3.63, 3.8) is 0 Å². The van der Waals surface area contributed by atoms with E-state index < -0.39 is 5.97 Å². The van der Waals surface area contributed by atoms with Gasteiger partial charge in [-0.3, -0.25) is 4.79 Å². The highest BCUT2D eigenvalue weighted by Crippen LogP contribution is 2.16. The van der Waals surface area contributed by atoms with Gasteiger partial charge in [-0.2, -0.15) is 0 Å². The van der Waals surface area contributed by atoms with Crippen LogP contribution in [-0.2, 0) is 11.2 Å². The first kappa shape index (κ1) is 16.5. The zero-order valence-corrected chi connectivity index (χ0v) is 13.2. The van der Waals surface area contributed by atoms with E-state index in [0.717, 1.165) is 11.3 Å². The van der Waals surface area contributed by atoms with Crippen LogP contribution in [0.25, 0.3) is 0 Å². The number of carboxylic acid groups (broad SMARTS) is 1. The van der Waals surface area contributed by atoms with Crippen LogP contribution < -0.4 is 10.2 Å². The second-order valence-corrected chi connectivity index (χ2v) is 5.46. The average Bonchev–Trinajstić information content (AvgIpc) is 2.53. The highest BCUT2D eigenvalue weighted by atomic mass is 16.4. The van der Waals surface area contributed by atoms with Crippen molar-refractivity contribution in [2.24, 2.45) is 0 Å². The van der Waals surface area contributed by atoms with E-state index in [1.165, 1.54) is 6.07 Å². The highest BCUT2D eigenvalue weighted by molar-refractivity contribution is 6.00. The molecule has 2 aromatic carbocycles. The normalized spacial score (nSPS) is 10.2. The number of nitrogens with one attached hydrogen (secondary N) is 1. The molecule has 0 heterocycles. The summed E-state index contributed by atoms with van der Waals surface area (Å²) in [5, 5.41) is 11.8. The van der Waals surface area contributed by atoms with Gasteiger partial charge in [-0.25, -0.2) is 4.79 Å². The van der Waals surface area contributed by atoms with Gasteiger partial charge >= 0.3 is 5.97 Å². The molecule has 0 aliphatic carbocycles. The number of aromatic carboxylic acids is 1. The molecule has 0 spiro atoms. The summed E-state index contributed by atoms with van der Waals surface area (Å²) in [4.78, 5) is 25.2. The number of para-hydroxylation sites is 1. The molecule has 0 unspecified atom stereocenters. The van der Waals surface area contributed by atoms with E-state index in [2.05, 4.69) is 5.32 Å². The van der Waals surface area contributed by atoms with E-state index >= 15 is 0 Å². The van der Waals surface area contributed by atoms with Crippen LogP contribution >= 0.6 is 0 Å². The fraction of sp³-hybridized carbons (Fsp3) is 0.222. The minimum absolute atomic E-state index is 0.0937. The highest BCUT2D eigenvalue weighted by Gasteiger charge is 2.11. The first-order valence-corrected chi connectivity index (χ1v) is 7.36. The molecule has 0 bridgehead atoms. The van der Waals surface area contributed by atoms with Crippen LogP contribution in [0.15, 0.2) is 48.5 Å². The molecule has 0 fully saturated rings. The summed E-state index contributed by atoms with van der Waals surface area (Å²) >= 11 is 0. The first-order chi connectivity index (χ1) is 11.0. The van der Waals surface area contributed by atoms with Gasteiger partial charge in [-0.05, 0) is 36.2 Å². The number of benzene rings is 2. The van der Waals surface area contributed by atoms with Crippen LogP contribution in [0.1, 0.15) is 22.3 Å². The Labute approximate surface area is 135 Å². The van der Waals surface area contributed by atoms with Crippen molar-refractivity contribution in [2.45, 2.75) is 12.8 Å². The standard InChI is InChI=1S/C18H20N2O3/c1-20(2)14-10-7-13(8-11-14)9-12-17(21)19-16-6-4-3-5-15(16)18(22)23/h3-8,10-11H,9,12H2,1-2H3,(H,19,21)(H,22,23). The molecule has 0 atom stereocenters. The molecule has 0 aromatic heterocycles. The Kier molecular flexibility index (Phi) is 5.36. The molecule has 120 valence electrons. The molecule has 5 nitrogen and oxygen atoms in total. The van der Waals surface area contributed by atoms with Gasteiger partial charge in [-0.1, -0.05) is 24.3 Å². The predicted molar refractivity (Wildman–Crippen MR) is 91.1 cm³/mol. The van der Waals surface area contributed by atoms with Gasteiger partial charge in [-0.15, -0.1) is 0 Å². The van der Waals surface area contributed by atoms with Crippen LogP contribution in [0.2, 0.25) is 0 Å². The molecular formula is C18H20N2O3. The van der Waals surface area contributed by atoms with E-state index in [1.807, 2.05) is 43.3 Å². The largest absolute Gasteiger partial charge is 0.478 e. The van der Waals surface area contributed by atoms with Crippen molar-refractivity contribution in [3.8, 4) is 0 Å². The number of hydrogen-bond donors (Lipinski definition) is 2. The van der Waals surface area contributed by atoms with Crippen molar-refractivity contribution in [1.29, 1.82) is 0 Å². The molecular weight excluding hydrogens is 292 g/mol. The lowest BCUT2D eigenvalue weighted by atomic mass is 10.1. The summed E-state index contributed by atoms with van der Waals surface area (Å²) < 4.78 is 0. The monoisotopic (exact) mass is 312 g/mol. The summed E-state index contributed by atoms with van der Waals surface area (Å²) in [6.45, 7) is 0. The summed E-state index contributed by atoms with van der Waals surface area (Å²) in [6.07, 6.45) is 0.907. The quantitative estimate of drug-likeness (QED) is 0.860.